The van der Waals surface area contributed by atoms with Crippen LogP contribution >= 0.6 is 0 Å². The molecule has 144 valence electrons. The van der Waals surface area contributed by atoms with Gasteiger partial charge in [-0.25, -0.2) is 0 Å². The van der Waals surface area contributed by atoms with Crippen molar-refractivity contribution in [2.75, 3.05) is 44.9 Å². The Morgan fingerprint density at radius 2 is 1.60 bits per heavy atom. The van der Waals surface area contributed by atoms with Gasteiger partial charge in [0.15, 0.2) is 0 Å². The largest absolute Gasteiger partial charge is 0.501 e. The number of hydrogen-bond acceptors (Lipinski definition) is 6. The molecule has 0 radical (unpaired) electrons. The molecule has 1 aromatic rings. The highest BCUT2D eigenvalue weighted by atomic mass is 28.4. The third-order valence-corrected chi connectivity index (χ3v) is 6.64. The quantitative estimate of drug-likeness (QED) is 0.365. The van der Waals surface area contributed by atoms with Crippen molar-refractivity contribution in [2.45, 2.75) is 39.3 Å². The lowest BCUT2D eigenvalue weighted by molar-refractivity contribution is 0.0379. The lowest BCUT2D eigenvalue weighted by Crippen LogP contribution is -2.46. The van der Waals surface area contributed by atoms with Crippen LogP contribution in [0.4, 0.5) is 5.69 Å². The van der Waals surface area contributed by atoms with Gasteiger partial charge in [0.05, 0.1) is 12.7 Å². The van der Waals surface area contributed by atoms with Crippen molar-refractivity contribution in [1.29, 1.82) is 0 Å². The molecular formula is C18H33NO5Si. The Hall–Kier alpha value is -0.963. The van der Waals surface area contributed by atoms with Gasteiger partial charge in [-0.15, -0.1) is 0 Å². The van der Waals surface area contributed by atoms with Crippen molar-refractivity contribution in [1.82, 2.24) is 0 Å². The maximum absolute atomic E-state index is 9.97. The van der Waals surface area contributed by atoms with Crippen LogP contribution in [0.15, 0.2) is 30.3 Å². The van der Waals surface area contributed by atoms with Crippen molar-refractivity contribution in [3.63, 3.8) is 0 Å². The summed E-state index contributed by atoms with van der Waals surface area (Å²) in [6.07, 6.45) is 0.235. The molecule has 1 rings (SSSR count). The SMILES string of the molecule is CCO[Si](CCCOCC(O)CNc1ccccc1)(OCC)OCC. The molecule has 0 saturated carbocycles. The Kier molecular flexibility index (Phi) is 11.7. The average Bonchev–Trinajstić information content (AvgIpc) is 2.61. The Bertz CT molecular complexity index is 418. The molecule has 0 aromatic heterocycles. The molecular weight excluding hydrogens is 338 g/mol. The van der Waals surface area contributed by atoms with Gasteiger partial charge in [-0.1, -0.05) is 18.2 Å². The highest BCUT2D eigenvalue weighted by Crippen LogP contribution is 2.18. The first kappa shape index (κ1) is 22.1. The van der Waals surface area contributed by atoms with Gasteiger partial charge >= 0.3 is 8.80 Å². The zero-order chi connectivity index (χ0) is 18.4. The molecule has 1 atom stereocenters. The summed E-state index contributed by atoms with van der Waals surface area (Å²) < 4.78 is 23.0. The fourth-order valence-corrected chi connectivity index (χ4v) is 5.04. The van der Waals surface area contributed by atoms with E-state index in [4.69, 9.17) is 18.0 Å². The summed E-state index contributed by atoms with van der Waals surface area (Å²) in [5.41, 5.74) is 0.988. The van der Waals surface area contributed by atoms with E-state index in [2.05, 4.69) is 5.32 Å². The molecule has 25 heavy (non-hydrogen) atoms. The topological polar surface area (TPSA) is 69.2 Å². The lowest BCUT2D eigenvalue weighted by atomic mass is 10.3. The Morgan fingerprint density at radius 1 is 1.00 bits per heavy atom. The summed E-state index contributed by atoms with van der Waals surface area (Å²) >= 11 is 0. The molecule has 0 spiro atoms. The second kappa shape index (κ2) is 13.3. The predicted octanol–water partition coefficient (Wildman–Crippen LogP) is 2.91. The fourth-order valence-electron chi connectivity index (χ4n) is 2.46. The minimum atomic E-state index is -2.59. The first-order chi connectivity index (χ1) is 12.2. The van der Waals surface area contributed by atoms with Crippen LogP contribution in [-0.4, -0.2) is 59.6 Å². The molecule has 0 aliphatic heterocycles. The zero-order valence-electron chi connectivity index (χ0n) is 15.7. The van der Waals surface area contributed by atoms with E-state index in [0.717, 1.165) is 18.2 Å². The number of ether oxygens (including phenoxy) is 1. The first-order valence-corrected chi connectivity index (χ1v) is 11.1. The van der Waals surface area contributed by atoms with Crippen LogP contribution in [-0.2, 0) is 18.0 Å². The van der Waals surface area contributed by atoms with Crippen LogP contribution in [0.25, 0.3) is 0 Å². The smallest absolute Gasteiger partial charge is 0.389 e. The average molecular weight is 372 g/mol. The summed E-state index contributed by atoms with van der Waals surface area (Å²) in [6, 6.07) is 10.5. The van der Waals surface area contributed by atoms with Gasteiger partial charge in [0.2, 0.25) is 0 Å². The van der Waals surface area contributed by atoms with E-state index in [1.807, 2.05) is 51.1 Å². The molecule has 0 amide bonds. The summed E-state index contributed by atoms with van der Waals surface area (Å²) in [5.74, 6) is 0. The molecule has 0 bridgehead atoms. The minimum Gasteiger partial charge on any atom is -0.389 e. The van der Waals surface area contributed by atoms with Crippen LogP contribution in [0.1, 0.15) is 27.2 Å². The number of benzene rings is 1. The van der Waals surface area contributed by atoms with Gasteiger partial charge < -0.3 is 28.4 Å². The molecule has 6 nitrogen and oxygen atoms in total. The summed E-state index contributed by atoms with van der Waals surface area (Å²) in [7, 11) is -2.59. The van der Waals surface area contributed by atoms with Crippen LogP contribution in [0.2, 0.25) is 6.04 Å². The Morgan fingerprint density at radius 3 is 2.16 bits per heavy atom. The molecule has 1 unspecified atom stereocenters. The molecule has 1 aromatic carbocycles. The van der Waals surface area contributed by atoms with Crippen molar-refractivity contribution >= 4 is 14.5 Å². The minimum absolute atomic E-state index is 0.298. The highest BCUT2D eigenvalue weighted by Gasteiger charge is 2.39. The maximum Gasteiger partial charge on any atom is 0.501 e. The summed E-state index contributed by atoms with van der Waals surface area (Å²) in [4.78, 5) is 0. The van der Waals surface area contributed by atoms with Crippen LogP contribution < -0.4 is 5.32 Å². The molecule has 0 aliphatic carbocycles. The highest BCUT2D eigenvalue weighted by molar-refractivity contribution is 6.60. The molecule has 7 heteroatoms. The monoisotopic (exact) mass is 371 g/mol. The second-order valence-electron chi connectivity index (χ2n) is 5.56. The van der Waals surface area contributed by atoms with Crippen molar-refractivity contribution < 1.29 is 23.1 Å². The van der Waals surface area contributed by atoms with Crippen molar-refractivity contribution in [2.24, 2.45) is 0 Å². The predicted molar refractivity (Wildman–Crippen MR) is 102 cm³/mol. The van der Waals surface area contributed by atoms with Crippen LogP contribution in [0, 0.1) is 0 Å². The van der Waals surface area contributed by atoms with E-state index >= 15 is 0 Å². The standard InChI is InChI=1S/C18H33NO5Si/c1-4-22-25(23-5-2,24-6-3)14-10-13-21-16-18(20)15-19-17-11-8-7-9-12-17/h7-9,11-12,18-20H,4-6,10,13-16H2,1-3H3. The maximum atomic E-state index is 9.97. The van der Waals surface area contributed by atoms with Gasteiger partial charge in [0, 0.05) is 44.7 Å². The normalized spacial score (nSPS) is 13.0. The number of anilines is 1. The number of nitrogens with one attached hydrogen (secondary N) is 1. The molecule has 0 fully saturated rings. The molecule has 0 aliphatic rings. The second-order valence-corrected chi connectivity index (χ2v) is 8.29. The third kappa shape index (κ3) is 9.34. The number of aliphatic hydroxyl groups is 1. The Labute approximate surface area is 152 Å². The fraction of sp³-hybridized carbons (Fsp3) is 0.667. The van der Waals surface area contributed by atoms with Crippen LogP contribution in [0.5, 0.6) is 0 Å². The van der Waals surface area contributed by atoms with E-state index in [1.54, 1.807) is 0 Å². The lowest BCUT2D eigenvalue weighted by Gasteiger charge is -2.28. The van der Waals surface area contributed by atoms with Gasteiger partial charge in [0.1, 0.15) is 0 Å². The van der Waals surface area contributed by atoms with Gasteiger partial charge in [-0.3, -0.25) is 0 Å². The van der Waals surface area contributed by atoms with E-state index in [-0.39, 0.29) is 0 Å². The zero-order valence-corrected chi connectivity index (χ0v) is 16.7. The number of para-hydroxylation sites is 1. The van der Waals surface area contributed by atoms with Crippen molar-refractivity contribution in [3.05, 3.63) is 30.3 Å². The Balaban J connectivity index is 2.21. The summed E-state index contributed by atoms with van der Waals surface area (Å²) in [6.45, 7) is 8.90. The molecule has 2 N–H and O–H groups in total. The summed E-state index contributed by atoms with van der Waals surface area (Å²) in [5, 5.41) is 13.1. The molecule has 0 saturated heterocycles. The number of aliphatic hydroxyl groups excluding tert-OH is 1. The first-order valence-electron chi connectivity index (χ1n) is 9.12. The van der Waals surface area contributed by atoms with Crippen LogP contribution in [0.3, 0.4) is 0 Å². The van der Waals surface area contributed by atoms with Gasteiger partial charge in [0.25, 0.3) is 0 Å². The molecule has 0 heterocycles. The van der Waals surface area contributed by atoms with E-state index < -0.39 is 14.9 Å². The van der Waals surface area contributed by atoms with E-state index in [0.29, 0.717) is 39.6 Å². The van der Waals surface area contributed by atoms with Crippen molar-refractivity contribution in [3.8, 4) is 0 Å². The number of rotatable bonds is 15. The third-order valence-electron chi connectivity index (χ3n) is 3.49. The van der Waals surface area contributed by atoms with E-state index in [1.165, 1.54) is 0 Å². The van der Waals surface area contributed by atoms with Gasteiger partial charge in [-0.05, 0) is 39.3 Å². The van der Waals surface area contributed by atoms with E-state index in [9.17, 15) is 5.11 Å². The van der Waals surface area contributed by atoms with Gasteiger partial charge in [-0.2, -0.15) is 0 Å². The number of hydrogen-bond donors (Lipinski definition) is 2.